The summed E-state index contributed by atoms with van der Waals surface area (Å²) in [6.07, 6.45) is 0. The third-order valence-corrected chi connectivity index (χ3v) is 5.76. The van der Waals surface area contributed by atoms with Gasteiger partial charge >= 0.3 is 0 Å². The van der Waals surface area contributed by atoms with E-state index in [0.717, 1.165) is 0 Å². The Balaban J connectivity index is 1.63. The van der Waals surface area contributed by atoms with Crippen LogP contribution in [0.5, 0.6) is 11.5 Å². The molecular weight excluding hydrogens is 407 g/mol. The first-order chi connectivity index (χ1) is 14.5. The minimum absolute atomic E-state index is 0.133. The maximum Gasteiger partial charge on any atom is 0.286 e. The van der Waals surface area contributed by atoms with E-state index in [-0.39, 0.29) is 23.2 Å². The average molecular weight is 426 g/mol. The van der Waals surface area contributed by atoms with Crippen molar-refractivity contribution in [2.45, 2.75) is 18.4 Å². The number of para-hydroxylation sites is 1. The highest BCUT2D eigenvalue weighted by atomic mass is 32.2. The second-order valence-electron chi connectivity index (χ2n) is 6.55. The van der Waals surface area contributed by atoms with Crippen molar-refractivity contribution >= 4 is 21.5 Å². The van der Waals surface area contributed by atoms with Crippen LogP contribution in [0.2, 0.25) is 0 Å². The van der Waals surface area contributed by atoms with Gasteiger partial charge in [-0.25, -0.2) is 4.39 Å². The molecule has 0 bridgehead atoms. The first-order valence-corrected chi connectivity index (χ1v) is 10.8. The summed E-state index contributed by atoms with van der Waals surface area (Å²) in [6, 6.07) is 17.8. The number of ether oxygens (including phenoxy) is 2. The smallest absolute Gasteiger partial charge is 0.286 e. The van der Waals surface area contributed by atoms with Crippen molar-refractivity contribution in [2.75, 3.05) is 11.9 Å². The van der Waals surface area contributed by atoms with E-state index in [2.05, 4.69) is 9.71 Å². The molecule has 4 rings (SSSR count). The molecule has 0 radical (unpaired) electrons. The Bertz CT molecular complexity index is 1230. The Morgan fingerprint density at radius 1 is 0.967 bits per heavy atom. The van der Waals surface area contributed by atoms with Crippen molar-refractivity contribution in [2.24, 2.45) is 4.40 Å². The van der Waals surface area contributed by atoms with Crippen molar-refractivity contribution in [1.29, 1.82) is 0 Å². The topological polar surface area (TPSA) is 77.0 Å². The minimum Gasteiger partial charge on any atom is -0.490 e. The van der Waals surface area contributed by atoms with Gasteiger partial charge in [-0.15, -0.1) is 4.40 Å². The van der Waals surface area contributed by atoms with Gasteiger partial charge in [-0.3, -0.25) is 0 Å². The fourth-order valence-corrected chi connectivity index (χ4v) is 4.21. The lowest BCUT2D eigenvalue weighted by molar-refractivity contribution is 0.269. The standard InChI is InChI=1S/C22H19FN2O4S/c1-2-28-20-13-16(10-11-19(20)29-14-15-6-5-7-17(23)12-15)22-24-18-8-3-4-9-21(18)30(26,27)25-22/h3-13H,2,14H2,1H3,(H,24,25). The summed E-state index contributed by atoms with van der Waals surface area (Å²) in [5.74, 6) is 0.766. The molecule has 0 saturated heterocycles. The Morgan fingerprint density at radius 3 is 2.60 bits per heavy atom. The van der Waals surface area contributed by atoms with Crippen molar-refractivity contribution < 1.29 is 22.3 Å². The highest BCUT2D eigenvalue weighted by Crippen LogP contribution is 2.32. The van der Waals surface area contributed by atoms with Gasteiger partial charge < -0.3 is 14.8 Å². The third-order valence-electron chi connectivity index (χ3n) is 4.43. The van der Waals surface area contributed by atoms with Crippen molar-refractivity contribution in [3.05, 3.63) is 83.7 Å². The molecule has 0 aliphatic carbocycles. The number of amidine groups is 1. The lowest BCUT2D eigenvalue weighted by Crippen LogP contribution is -2.22. The van der Waals surface area contributed by atoms with Crippen LogP contribution in [0.3, 0.4) is 0 Å². The van der Waals surface area contributed by atoms with Crippen LogP contribution >= 0.6 is 0 Å². The maximum atomic E-state index is 13.4. The van der Waals surface area contributed by atoms with Crippen LogP contribution < -0.4 is 14.8 Å². The lowest BCUT2D eigenvalue weighted by Gasteiger charge is -2.19. The number of hydrogen-bond donors (Lipinski definition) is 1. The maximum absolute atomic E-state index is 13.4. The first-order valence-electron chi connectivity index (χ1n) is 9.32. The molecule has 0 fully saturated rings. The van der Waals surface area contributed by atoms with Gasteiger partial charge in [0.1, 0.15) is 17.3 Å². The molecule has 3 aromatic carbocycles. The van der Waals surface area contributed by atoms with Crippen LogP contribution in [0.4, 0.5) is 10.1 Å². The summed E-state index contributed by atoms with van der Waals surface area (Å²) in [7, 11) is -3.81. The second-order valence-corrected chi connectivity index (χ2v) is 8.12. The van der Waals surface area contributed by atoms with Gasteiger partial charge in [0.2, 0.25) is 0 Å². The molecule has 3 aromatic rings. The van der Waals surface area contributed by atoms with Gasteiger partial charge in [0.05, 0.1) is 12.3 Å². The molecule has 154 valence electrons. The number of sulfonamides is 1. The summed E-state index contributed by atoms with van der Waals surface area (Å²) in [6.45, 7) is 2.39. The zero-order valence-electron chi connectivity index (χ0n) is 16.1. The zero-order chi connectivity index (χ0) is 21.1. The molecule has 8 heteroatoms. The monoisotopic (exact) mass is 426 g/mol. The Labute approximate surface area is 174 Å². The predicted molar refractivity (Wildman–Crippen MR) is 112 cm³/mol. The van der Waals surface area contributed by atoms with Crippen LogP contribution in [0, 0.1) is 5.82 Å². The lowest BCUT2D eigenvalue weighted by atomic mass is 10.1. The van der Waals surface area contributed by atoms with Crippen molar-refractivity contribution in [3.8, 4) is 11.5 Å². The van der Waals surface area contributed by atoms with Crippen LogP contribution in [0.25, 0.3) is 0 Å². The number of nitrogens with zero attached hydrogens (tertiary/aromatic N) is 1. The number of fused-ring (bicyclic) bond motifs is 1. The van der Waals surface area contributed by atoms with E-state index in [9.17, 15) is 12.8 Å². The van der Waals surface area contributed by atoms with Gasteiger partial charge in [-0.1, -0.05) is 24.3 Å². The normalized spacial score (nSPS) is 14.3. The van der Waals surface area contributed by atoms with Gasteiger partial charge in [-0.2, -0.15) is 8.42 Å². The van der Waals surface area contributed by atoms with E-state index >= 15 is 0 Å². The molecule has 6 nitrogen and oxygen atoms in total. The number of rotatable bonds is 6. The van der Waals surface area contributed by atoms with Crippen molar-refractivity contribution in [1.82, 2.24) is 0 Å². The van der Waals surface area contributed by atoms with Gasteiger partial charge in [0.15, 0.2) is 17.3 Å². The van der Waals surface area contributed by atoms with E-state index in [1.54, 1.807) is 48.5 Å². The Morgan fingerprint density at radius 2 is 1.80 bits per heavy atom. The SMILES string of the molecule is CCOc1cc(C2=NS(=O)(=O)c3ccccc3N2)ccc1OCc1cccc(F)c1. The average Bonchev–Trinajstić information content (AvgIpc) is 2.72. The third kappa shape index (κ3) is 4.13. The van der Waals surface area contributed by atoms with Gasteiger partial charge in [-0.05, 0) is 55.0 Å². The zero-order valence-corrected chi connectivity index (χ0v) is 16.9. The molecule has 0 atom stereocenters. The van der Waals surface area contributed by atoms with E-state index in [0.29, 0.717) is 34.9 Å². The fraction of sp³-hybridized carbons (Fsp3) is 0.136. The van der Waals surface area contributed by atoms with Gasteiger partial charge in [0.25, 0.3) is 10.0 Å². The molecule has 1 aliphatic rings. The first kappa shape index (κ1) is 19.9. The van der Waals surface area contributed by atoms with Crippen LogP contribution in [-0.4, -0.2) is 20.9 Å². The Hall–Kier alpha value is -3.39. The summed E-state index contributed by atoms with van der Waals surface area (Å²) < 4.78 is 53.8. The fourth-order valence-electron chi connectivity index (χ4n) is 3.07. The summed E-state index contributed by atoms with van der Waals surface area (Å²) >= 11 is 0. The predicted octanol–water partition coefficient (Wildman–Crippen LogP) is 4.36. The molecule has 1 N–H and O–H groups in total. The van der Waals surface area contributed by atoms with E-state index in [1.807, 2.05) is 6.92 Å². The second kappa shape index (κ2) is 8.16. The summed E-state index contributed by atoms with van der Waals surface area (Å²) in [5.41, 5.74) is 1.68. The molecule has 0 aromatic heterocycles. The van der Waals surface area contributed by atoms with E-state index in [4.69, 9.17) is 9.47 Å². The molecular formula is C22H19FN2O4S. The molecule has 0 saturated carbocycles. The number of nitrogens with one attached hydrogen (secondary N) is 1. The summed E-state index contributed by atoms with van der Waals surface area (Å²) in [5, 5.41) is 3.05. The molecule has 1 heterocycles. The van der Waals surface area contributed by atoms with E-state index < -0.39 is 10.0 Å². The van der Waals surface area contributed by atoms with E-state index in [1.165, 1.54) is 18.2 Å². The van der Waals surface area contributed by atoms with Crippen LogP contribution in [0.15, 0.2) is 76.0 Å². The van der Waals surface area contributed by atoms with Crippen LogP contribution in [-0.2, 0) is 16.6 Å². The quantitative estimate of drug-likeness (QED) is 0.634. The highest BCUT2D eigenvalue weighted by molar-refractivity contribution is 7.90. The molecule has 0 amide bonds. The van der Waals surface area contributed by atoms with Gasteiger partial charge in [0, 0.05) is 5.56 Å². The highest BCUT2D eigenvalue weighted by Gasteiger charge is 2.25. The molecule has 0 unspecified atom stereocenters. The number of hydrogen-bond acceptors (Lipinski definition) is 5. The Kier molecular flexibility index (Phi) is 5.41. The molecule has 30 heavy (non-hydrogen) atoms. The largest absolute Gasteiger partial charge is 0.490 e. The molecule has 0 spiro atoms. The number of benzene rings is 3. The minimum atomic E-state index is -3.81. The van der Waals surface area contributed by atoms with Crippen molar-refractivity contribution in [3.63, 3.8) is 0 Å². The number of halogens is 1. The summed E-state index contributed by atoms with van der Waals surface area (Å²) in [4.78, 5) is 0.133. The van der Waals surface area contributed by atoms with Crippen LogP contribution in [0.1, 0.15) is 18.1 Å². The number of anilines is 1. The molecule has 1 aliphatic heterocycles.